The van der Waals surface area contributed by atoms with Crippen molar-refractivity contribution in [3.05, 3.63) is 12.7 Å². The number of rotatable bonds is 3. The Morgan fingerprint density at radius 1 is 1.64 bits per heavy atom. The Morgan fingerprint density at radius 3 is 3.00 bits per heavy atom. The van der Waals surface area contributed by atoms with Crippen LogP contribution in [-0.2, 0) is 14.3 Å². The predicted octanol–water partition coefficient (Wildman–Crippen LogP) is 0.240. The summed E-state index contributed by atoms with van der Waals surface area (Å²) >= 11 is 0. The number of hydrogen-bond donors (Lipinski definition) is 1. The van der Waals surface area contributed by atoms with Crippen LogP contribution < -0.4 is 5.32 Å². The quantitative estimate of drug-likeness (QED) is 0.518. The van der Waals surface area contributed by atoms with Gasteiger partial charge in [-0.15, -0.1) is 6.58 Å². The standard InChI is InChI=1S/C10H13NO3/c1-2-3-11-9(12)7-4-6-5-8(7)10(13)14-6/h2,6-8H,1,3-5H2,(H,11,12). The van der Waals surface area contributed by atoms with E-state index in [0.29, 0.717) is 19.4 Å². The van der Waals surface area contributed by atoms with Crippen LogP contribution in [0.3, 0.4) is 0 Å². The molecule has 4 nitrogen and oxygen atoms in total. The Hall–Kier alpha value is -1.32. The molecular formula is C10H13NO3. The number of ether oxygens (including phenoxy) is 1. The zero-order chi connectivity index (χ0) is 10.1. The van der Waals surface area contributed by atoms with Crippen molar-refractivity contribution in [2.75, 3.05) is 6.54 Å². The van der Waals surface area contributed by atoms with E-state index in [1.165, 1.54) is 0 Å². The van der Waals surface area contributed by atoms with Crippen molar-refractivity contribution >= 4 is 11.9 Å². The Morgan fingerprint density at radius 2 is 2.43 bits per heavy atom. The molecule has 1 heterocycles. The molecule has 1 saturated heterocycles. The third-order valence-electron chi connectivity index (χ3n) is 2.86. The van der Waals surface area contributed by atoms with E-state index >= 15 is 0 Å². The number of nitrogens with one attached hydrogen (secondary N) is 1. The first-order chi connectivity index (χ1) is 6.72. The summed E-state index contributed by atoms with van der Waals surface area (Å²) in [4.78, 5) is 22.8. The number of hydrogen-bond acceptors (Lipinski definition) is 3. The maximum absolute atomic E-state index is 11.6. The average molecular weight is 195 g/mol. The van der Waals surface area contributed by atoms with Crippen molar-refractivity contribution in [1.82, 2.24) is 5.32 Å². The zero-order valence-electron chi connectivity index (χ0n) is 7.86. The minimum Gasteiger partial charge on any atom is -0.462 e. The van der Waals surface area contributed by atoms with Crippen molar-refractivity contribution in [1.29, 1.82) is 0 Å². The van der Waals surface area contributed by atoms with Gasteiger partial charge in [-0.2, -0.15) is 0 Å². The Labute approximate surface area is 82.3 Å². The van der Waals surface area contributed by atoms with Gasteiger partial charge in [0.2, 0.25) is 5.91 Å². The van der Waals surface area contributed by atoms with Crippen LogP contribution in [0.4, 0.5) is 0 Å². The first kappa shape index (κ1) is 9.24. The molecule has 3 atom stereocenters. The minimum atomic E-state index is -0.208. The van der Waals surface area contributed by atoms with Gasteiger partial charge >= 0.3 is 5.97 Å². The fraction of sp³-hybridized carbons (Fsp3) is 0.600. The van der Waals surface area contributed by atoms with Crippen LogP contribution in [-0.4, -0.2) is 24.5 Å². The molecule has 1 N–H and O–H groups in total. The van der Waals surface area contributed by atoms with E-state index in [-0.39, 0.29) is 29.8 Å². The van der Waals surface area contributed by atoms with Gasteiger partial charge in [0.15, 0.2) is 0 Å². The molecule has 0 aromatic rings. The van der Waals surface area contributed by atoms with Gasteiger partial charge in [-0.05, 0) is 12.8 Å². The van der Waals surface area contributed by atoms with Gasteiger partial charge < -0.3 is 10.1 Å². The van der Waals surface area contributed by atoms with Gasteiger partial charge in [-0.1, -0.05) is 6.08 Å². The van der Waals surface area contributed by atoms with Gasteiger partial charge in [-0.3, -0.25) is 9.59 Å². The predicted molar refractivity (Wildman–Crippen MR) is 49.3 cm³/mol. The van der Waals surface area contributed by atoms with Crippen molar-refractivity contribution in [2.24, 2.45) is 11.8 Å². The van der Waals surface area contributed by atoms with Gasteiger partial charge in [0.25, 0.3) is 0 Å². The maximum Gasteiger partial charge on any atom is 0.310 e. The lowest BCUT2D eigenvalue weighted by Gasteiger charge is -2.19. The lowest BCUT2D eigenvalue weighted by molar-refractivity contribution is -0.153. The second-order valence-corrected chi connectivity index (χ2v) is 3.78. The second-order valence-electron chi connectivity index (χ2n) is 3.78. The SMILES string of the molecule is C=CCNC(=O)C1CC2CC1C(=O)O2. The normalized spacial score (nSPS) is 34.0. The average Bonchev–Trinajstić information content (AvgIpc) is 2.72. The van der Waals surface area contributed by atoms with Crippen LogP contribution >= 0.6 is 0 Å². The molecule has 1 aliphatic heterocycles. The van der Waals surface area contributed by atoms with Gasteiger partial charge in [0.1, 0.15) is 6.10 Å². The number of fused-ring (bicyclic) bond motifs is 2. The number of carbonyl (C=O) groups is 2. The third-order valence-corrected chi connectivity index (χ3v) is 2.86. The molecule has 1 aliphatic carbocycles. The summed E-state index contributed by atoms with van der Waals surface area (Å²) in [6.07, 6.45) is 3.00. The van der Waals surface area contributed by atoms with Gasteiger partial charge in [0, 0.05) is 6.54 Å². The van der Waals surface area contributed by atoms with E-state index in [4.69, 9.17) is 4.74 Å². The lowest BCUT2D eigenvalue weighted by Crippen LogP contribution is -2.37. The molecule has 2 fully saturated rings. The van der Waals surface area contributed by atoms with Gasteiger partial charge in [0.05, 0.1) is 11.8 Å². The highest BCUT2D eigenvalue weighted by atomic mass is 16.6. The highest BCUT2D eigenvalue weighted by Gasteiger charge is 2.50. The first-order valence-electron chi connectivity index (χ1n) is 4.81. The molecule has 0 aromatic heterocycles. The fourth-order valence-electron chi connectivity index (χ4n) is 2.19. The lowest BCUT2D eigenvalue weighted by atomic mass is 9.95. The molecule has 4 heteroatoms. The topological polar surface area (TPSA) is 55.4 Å². The molecule has 0 spiro atoms. The van der Waals surface area contributed by atoms with Crippen LogP contribution in [0.15, 0.2) is 12.7 Å². The summed E-state index contributed by atoms with van der Waals surface area (Å²) < 4.78 is 5.01. The Kier molecular flexibility index (Phi) is 2.27. The molecule has 14 heavy (non-hydrogen) atoms. The van der Waals surface area contributed by atoms with E-state index in [1.54, 1.807) is 6.08 Å². The molecule has 2 aliphatic rings. The van der Waals surface area contributed by atoms with E-state index in [0.717, 1.165) is 0 Å². The van der Waals surface area contributed by atoms with Crippen LogP contribution in [0.2, 0.25) is 0 Å². The highest BCUT2D eigenvalue weighted by molar-refractivity contribution is 5.87. The zero-order valence-corrected chi connectivity index (χ0v) is 7.86. The fourth-order valence-corrected chi connectivity index (χ4v) is 2.19. The molecule has 2 rings (SSSR count). The molecule has 0 aromatic carbocycles. The molecule has 0 radical (unpaired) electrons. The van der Waals surface area contributed by atoms with Gasteiger partial charge in [-0.25, -0.2) is 0 Å². The summed E-state index contributed by atoms with van der Waals surface area (Å²) in [6, 6.07) is 0. The summed E-state index contributed by atoms with van der Waals surface area (Å²) in [7, 11) is 0. The van der Waals surface area contributed by atoms with Crippen molar-refractivity contribution < 1.29 is 14.3 Å². The molecule has 2 bridgehead atoms. The Balaban J connectivity index is 1.96. The van der Waals surface area contributed by atoms with Crippen LogP contribution in [0.5, 0.6) is 0 Å². The largest absolute Gasteiger partial charge is 0.462 e. The molecule has 76 valence electrons. The summed E-state index contributed by atoms with van der Waals surface area (Å²) in [5, 5.41) is 2.71. The molecule has 1 saturated carbocycles. The summed E-state index contributed by atoms with van der Waals surface area (Å²) in [6.45, 7) is 3.98. The van der Waals surface area contributed by atoms with Crippen molar-refractivity contribution in [3.8, 4) is 0 Å². The monoisotopic (exact) mass is 195 g/mol. The smallest absolute Gasteiger partial charge is 0.310 e. The number of esters is 1. The van der Waals surface area contributed by atoms with Crippen LogP contribution in [0.1, 0.15) is 12.8 Å². The van der Waals surface area contributed by atoms with Crippen LogP contribution in [0.25, 0.3) is 0 Å². The van der Waals surface area contributed by atoms with E-state index < -0.39 is 0 Å². The number of amides is 1. The van der Waals surface area contributed by atoms with E-state index in [2.05, 4.69) is 11.9 Å². The minimum absolute atomic E-state index is 0.0213. The van der Waals surface area contributed by atoms with Crippen LogP contribution in [0, 0.1) is 11.8 Å². The third kappa shape index (κ3) is 1.41. The first-order valence-corrected chi connectivity index (χ1v) is 4.81. The number of carbonyl (C=O) groups excluding carboxylic acids is 2. The molecule has 3 unspecified atom stereocenters. The van der Waals surface area contributed by atoms with Crippen molar-refractivity contribution in [3.63, 3.8) is 0 Å². The Bertz CT molecular complexity index is 287. The summed E-state index contributed by atoms with van der Waals surface area (Å²) in [5.74, 6) is -0.639. The van der Waals surface area contributed by atoms with E-state index in [9.17, 15) is 9.59 Å². The van der Waals surface area contributed by atoms with E-state index in [1.807, 2.05) is 0 Å². The highest BCUT2D eigenvalue weighted by Crippen LogP contribution is 2.41. The maximum atomic E-state index is 11.6. The summed E-state index contributed by atoms with van der Waals surface area (Å²) in [5.41, 5.74) is 0. The molecule has 1 amide bonds. The molecular weight excluding hydrogens is 182 g/mol. The van der Waals surface area contributed by atoms with Crippen molar-refractivity contribution in [2.45, 2.75) is 18.9 Å². The second kappa shape index (κ2) is 3.44.